The first-order valence-corrected chi connectivity index (χ1v) is 9.97. The molecule has 4 rings (SSSR count). The molecule has 9 heteroatoms. The lowest BCUT2D eigenvalue weighted by atomic mass is 10.1. The topological polar surface area (TPSA) is 84.2 Å². The Bertz CT molecular complexity index is 1380. The van der Waals surface area contributed by atoms with E-state index in [0.29, 0.717) is 18.5 Å². The van der Waals surface area contributed by atoms with E-state index in [0.717, 1.165) is 28.6 Å². The number of benzene rings is 3. The zero-order valence-electron chi connectivity index (χ0n) is 17.1. The third-order valence-corrected chi connectivity index (χ3v) is 5.11. The summed E-state index contributed by atoms with van der Waals surface area (Å²) in [7, 11) is 0. The van der Waals surface area contributed by atoms with Crippen molar-refractivity contribution in [3.8, 4) is 11.4 Å². The summed E-state index contributed by atoms with van der Waals surface area (Å²) in [5.74, 6) is -0.182. The number of hydrogen-bond acceptors (Lipinski definition) is 4. The van der Waals surface area contributed by atoms with Gasteiger partial charge in [-0.1, -0.05) is 18.2 Å². The fourth-order valence-corrected chi connectivity index (χ4v) is 3.36. The summed E-state index contributed by atoms with van der Waals surface area (Å²) in [6, 6.07) is 15.4. The van der Waals surface area contributed by atoms with E-state index in [9.17, 15) is 27.9 Å². The molecule has 1 heterocycles. The first-order valence-electron chi connectivity index (χ1n) is 9.97. The largest absolute Gasteiger partial charge is 0.508 e. The van der Waals surface area contributed by atoms with Crippen LogP contribution in [0.1, 0.15) is 21.5 Å². The van der Waals surface area contributed by atoms with Gasteiger partial charge in [-0.25, -0.2) is 4.98 Å². The van der Waals surface area contributed by atoms with E-state index >= 15 is 0 Å². The summed E-state index contributed by atoms with van der Waals surface area (Å²) in [4.78, 5) is 29.5. The van der Waals surface area contributed by atoms with Gasteiger partial charge in [0.1, 0.15) is 12.1 Å². The van der Waals surface area contributed by atoms with E-state index in [1.165, 1.54) is 30.3 Å². The molecule has 0 aliphatic heterocycles. The minimum Gasteiger partial charge on any atom is -0.508 e. The third kappa shape index (κ3) is 4.87. The van der Waals surface area contributed by atoms with E-state index in [2.05, 4.69) is 10.3 Å². The lowest BCUT2D eigenvalue weighted by Gasteiger charge is -2.11. The van der Waals surface area contributed by atoms with E-state index in [4.69, 9.17) is 0 Å². The highest BCUT2D eigenvalue weighted by Crippen LogP contribution is 2.30. The summed E-state index contributed by atoms with van der Waals surface area (Å²) in [5.41, 5.74) is 0.139. The number of nitrogens with zero attached hydrogens (tertiary/aromatic N) is 2. The van der Waals surface area contributed by atoms with Gasteiger partial charge >= 0.3 is 6.18 Å². The number of halogens is 3. The number of rotatable bonds is 5. The Hall–Kier alpha value is -4.14. The Morgan fingerprint density at radius 3 is 2.52 bits per heavy atom. The number of amides is 1. The zero-order valence-corrected chi connectivity index (χ0v) is 17.1. The van der Waals surface area contributed by atoms with Crippen LogP contribution in [0.25, 0.3) is 16.6 Å². The van der Waals surface area contributed by atoms with E-state index in [-0.39, 0.29) is 28.2 Å². The van der Waals surface area contributed by atoms with Gasteiger partial charge in [-0.2, -0.15) is 13.2 Å². The molecule has 0 unspecified atom stereocenters. The average Bonchev–Trinajstić information content (AvgIpc) is 2.80. The van der Waals surface area contributed by atoms with Gasteiger partial charge in [0.25, 0.3) is 11.5 Å². The van der Waals surface area contributed by atoms with Crippen molar-refractivity contribution in [3.63, 3.8) is 0 Å². The molecular formula is C24H18F3N3O3. The van der Waals surface area contributed by atoms with E-state index < -0.39 is 17.3 Å². The van der Waals surface area contributed by atoms with Crippen molar-refractivity contribution in [2.45, 2.75) is 12.6 Å². The predicted molar refractivity (Wildman–Crippen MR) is 116 cm³/mol. The molecule has 0 aliphatic rings. The quantitative estimate of drug-likeness (QED) is 0.477. The van der Waals surface area contributed by atoms with Gasteiger partial charge in [0.2, 0.25) is 0 Å². The summed E-state index contributed by atoms with van der Waals surface area (Å²) in [5, 5.41) is 12.3. The summed E-state index contributed by atoms with van der Waals surface area (Å²) >= 11 is 0. The monoisotopic (exact) mass is 453 g/mol. The smallest absolute Gasteiger partial charge is 0.416 e. The van der Waals surface area contributed by atoms with E-state index in [1.807, 2.05) is 0 Å². The SMILES string of the molecule is O=C(NCCc1ccc(O)cc1)c1ccc2c(=O)n(-c3cccc(C(F)(F)F)c3)cnc2c1. The van der Waals surface area contributed by atoms with Crippen LogP contribution < -0.4 is 10.9 Å². The van der Waals surface area contributed by atoms with Crippen LogP contribution in [0.15, 0.2) is 77.9 Å². The molecule has 0 saturated carbocycles. The number of fused-ring (bicyclic) bond motifs is 1. The summed E-state index contributed by atoms with van der Waals surface area (Å²) in [6.45, 7) is 0.367. The molecule has 0 spiro atoms. The van der Waals surface area contributed by atoms with Crippen molar-refractivity contribution in [2.75, 3.05) is 6.54 Å². The third-order valence-electron chi connectivity index (χ3n) is 5.11. The standard InChI is InChI=1S/C24H18F3N3O3/c25-24(26,27)17-2-1-3-18(13-17)30-14-29-21-12-16(6-9-20(21)23(30)33)22(32)28-11-10-15-4-7-19(31)8-5-15/h1-9,12-14,31H,10-11H2,(H,28,32). The van der Waals surface area contributed by atoms with Gasteiger partial charge in [0.15, 0.2) is 0 Å². The van der Waals surface area contributed by atoms with Crippen LogP contribution in [0, 0.1) is 0 Å². The lowest BCUT2D eigenvalue weighted by Crippen LogP contribution is -2.26. The van der Waals surface area contributed by atoms with Crippen molar-refractivity contribution < 1.29 is 23.1 Å². The number of phenolic OH excluding ortho intramolecular Hbond substituents is 1. The minimum absolute atomic E-state index is 0.0419. The average molecular weight is 453 g/mol. The van der Waals surface area contributed by atoms with Crippen molar-refractivity contribution in [2.24, 2.45) is 0 Å². The van der Waals surface area contributed by atoms with Gasteiger partial charge in [-0.05, 0) is 60.5 Å². The molecule has 6 nitrogen and oxygen atoms in total. The predicted octanol–water partition coefficient (Wildman–Crippen LogP) is 4.08. The molecule has 3 aromatic carbocycles. The number of hydrogen-bond donors (Lipinski definition) is 2. The Balaban J connectivity index is 1.53. The number of phenols is 1. The normalized spacial score (nSPS) is 11.5. The van der Waals surface area contributed by atoms with Crippen molar-refractivity contribution in [1.82, 2.24) is 14.9 Å². The van der Waals surface area contributed by atoms with Crippen molar-refractivity contribution >= 4 is 16.8 Å². The number of aromatic nitrogens is 2. The maximum Gasteiger partial charge on any atom is 0.416 e. The molecule has 1 amide bonds. The molecule has 4 aromatic rings. The molecule has 0 atom stereocenters. The van der Waals surface area contributed by atoms with Gasteiger partial charge in [0.05, 0.1) is 22.2 Å². The van der Waals surface area contributed by atoms with Crippen LogP contribution in [0.5, 0.6) is 5.75 Å². The number of aromatic hydroxyl groups is 1. The maximum absolute atomic E-state index is 13.0. The van der Waals surface area contributed by atoms with Crippen LogP contribution in [0.4, 0.5) is 13.2 Å². The van der Waals surface area contributed by atoms with Crippen molar-refractivity contribution in [3.05, 3.63) is 100 Å². The van der Waals surface area contributed by atoms with Crippen LogP contribution in [0.2, 0.25) is 0 Å². The highest BCUT2D eigenvalue weighted by Gasteiger charge is 2.30. The highest BCUT2D eigenvalue weighted by atomic mass is 19.4. The van der Waals surface area contributed by atoms with Crippen molar-refractivity contribution in [1.29, 1.82) is 0 Å². The molecule has 0 aliphatic carbocycles. The molecule has 1 aromatic heterocycles. The molecular weight excluding hydrogens is 435 g/mol. The first kappa shape index (κ1) is 22.1. The Morgan fingerprint density at radius 2 is 1.79 bits per heavy atom. The summed E-state index contributed by atoms with van der Waals surface area (Å²) in [6.07, 6.45) is -2.82. The van der Waals surface area contributed by atoms with E-state index in [1.54, 1.807) is 24.3 Å². The molecule has 0 radical (unpaired) electrons. The zero-order chi connectivity index (χ0) is 23.6. The molecule has 0 bridgehead atoms. The number of carbonyl (C=O) groups is 1. The lowest BCUT2D eigenvalue weighted by molar-refractivity contribution is -0.137. The Labute approximate surface area is 186 Å². The second-order valence-electron chi connectivity index (χ2n) is 7.37. The molecule has 168 valence electrons. The fourth-order valence-electron chi connectivity index (χ4n) is 3.36. The second-order valence-corrected chi connectivity index (χ2v) is 7.37. The highest BCUT2D eigenvalue weighted by molar-refractivity contribution is 5.97. The van der Waals surface area contributed by atoms with Crippen LogP contribution in [-0.2, 0) is 12.6 Å². The van der Waals surface area contributed by atoms with Gasteiger partial charge in [0, 0.05) is 12.1 Å². The maximum atomic E-state index is 13.0. The minimum atomic E-state index is -4.53. The van der Waals surface area contributed by atoms with Gasteiger partial charge in [-0.15, -0.1) is 0 Å². The van der Waals surface area contributed by atoms with Gasteiger partial charge < -0.3 is 10.4 Å². The number of nitrogens with one attached hydrogen (secondary N) is 1. The molecule has 2 N–H and O–H groups in total. The van der Waals surface area contributed by atoms with Gasteiger partial charge in [-0.3, -0.25) is 14.2 Å². The second kappa shape index (κ2) is 8.78. The van der Waals surface area contributed by atoms with Crippen LogP contribution >= 0.6 is 0 Å². The fraction of sp³-hybridized carbons (Fsp3) is 0.125. The number of alkyl halides is 3. The molecule has 0 saturated heterocycles. The van der Waals surface area contributed by atoms with Crippen LogP contribution in [-0.4, -0.2) is 27.1 Å². The Kier molecular flexibility index (Phi) is 5.87. The first-order chi connectivity index (χ1) is 15.7. The molecule has 33 heavy (non-hydrogen) atoms. The molecule has 0 fully saturated rings. The number of carbonyl (C=O) groups excluding carboxylic acids is 1. The Morgan fingerprint density at radius 1 is 1.03 bits per heavy atom. The van der Waals surface area contributed by atoms with Crippen LogP contribution in [0.3, 0.4) is 0 Å². The summed E-state index contributed by atoms with van der Waals surface area (Å²) < 4.78 is 40.1.